The van der Waals surface area contributed by atoms with Crippen molar-refractivity contribution in [3.63, 3.8) is 0 Å². The SMILES string of the molecule is CC/C=C\C/C=C\C/C=C\C/C=C\C/C=C\CCCCCCCCCCCCCCCCCCCCCC(=O)OCC(COC(=O)CCCCCCCCC)OC(=O)CCCCCCC/C=C\CCCCCC. The number of rotatable bonds is 57. The van der Waals surface area contributed by atoms with E-state index in [0.29, 0.717) is 19.3 Å². The summed E-state index contributed by atoms with van der Waals surface area (Å²) in [6, 6.07) is 0. The van der Waals surface area contributed by atoms with Crippen LogP contribution in [0.3, 0.4) is 0 Å². The lowest BCUT2D eigenvalue weighted by Crippen LogP contribution is -2.30. The quantitative estimate of drug-likeness (QED) is 0.0261. The summed E-state index contributed by atoms with van der Waals surface area (Å²) in [6.07, 6.45) is 79.5. The van der Waals surface area contributed by atoms with E-state index < -0.39 is 6.10 Å². The van der Waals surface area contributed by atoms with Crippen LogP contribution in [-0.4, -0.2) is 37.2 Å². The van der Waals surface area contributed by atoms with Gasteiger partial charge in [0.1, 0.15) is 13.2 Å². The summed E-state index contributed by atoms with van der Waals surface area (Å²) in [4.78, 5) is 37.9. The Bertz CT molecular complexity index is 1360. The van der Waals surface area contributed by atoms with Crippen LogP contribution < -0.4 is 0 Å². The van der Waals surface area contributed by atoms with Crippen molar-refractivity contribution in [3.05, 3.63) is 72.9 Å². The molecule has 0 saturated carbocycles. The molecule has 0 saturated heterocycles. The molecule has 0 aliphatic heterocycles. The van der Waals surface area contributed by atoms with Gasteiger partial charge in [-0.25, -0.2) is 0 Å². The van der Waals surface area contributed by atoms with Crippen LogP contribution in [0.4, 0.5) is 0 Å². The van der Waals surface area contributed by atoms with Crippen LogP contribution in [-0.2, 0) is 28.6 Å². The molecule has 0 aromatic heterocycles. The lowest BCUT2D eigenvalue weighted by Gasteiger charge is -2.18. The van der Waals surface area contributed by atoms with Gasteiger partial charge in [-0.2, -0.15) is 0 Å². The third-order valence-electron chi connectivity index (χ3n) is 13.7. The second-order valence-corrected chi connectivity index (χ2v) is 20.9. The molecule has 0 N–H and O–H groups in total. The van der Waals surface area contributed by atoms with E-state index in [0.717, 1.165) is 96.3 Å². The van der Waals surface area contributed by atoms with Crippen LogP contribution in [0, 0.1) is 0 Å². The normalized spacial score (nSPS) is 12.5. The van der Waals surface area contributed by atoms with Gasteiger partial charge in [-0.15, -0.1) is 0 Å². The second-order valence-electron chi connectivity index (χ2n) is 20.9. The van der Waals surface area contributed by atoms with Crippen LogP contribution in [0.5, 0.6) is 0 Å². The van der Waals surface area contributed by atoms with E-state index in [1.807, 2.05) is 0 Å². The molecule has 0 aromatic rings. The minimum absolute atomic E-state index is 0.0737. The maximum Gasteiger partial charge on any atom is 0.306 e. The van der Waals surface area contributed by atoms with Crippen molar-refractivity contribution in [2.24, 2.45) is 0 Å². The molecule has 422 valence electrons. The molecular weight excluding hydrogens is 901 g/mol. The first-order valence-corrected chi connectivity index (χ1v) is 31.4. The van der Waals surface area contributed by atoms with Crippen molar-refractivity contribution >= 4 is 17.9 Å². The van der Waals surface area contributed by atoms with Gasteiger partial charge in [-0.3, -0.25) is 14.4 Å². The van der Waals surface area contributed by atoms with Gasteiger partial charge in [-0.05, 0) is 89.9 Å². The Morgan fingerprint density at radius 1 is 0.288 bits per heavy atom. The average molecular weight is 1020 g/mol. The topological polar surface area (TPSA) is 78.9 Å². The Hall–Kier alpha value is -3.15. The highest BCUT2D eigenvalue weighted by molar-refractivity contribution is 5.71. The summed E-state index contributed by atoms with van der Waals surface area (Å²) < 4.78 is 16.8. The number of carbonyl (C=O) groups excluding carboxylic acids is 3. The largest absolute Gasteiger partial charge is 0.462 e. The molecule has 0 radical (unpaired) electrons. The minimum Gasteiger partial charge on any atom is -0.462 e. The van der Waals surface area contributed by atoms with Crippen molar-refractivity contribution in [1.82, 2.24) is 0 Å². The molecule has 0 amide bonds. The van der Waals surface area contributed by atoms with Gasteiger partial charge in [0.2, 0.25) is 0 Å². The van der Waals surface area contributed by atoms with E-state index in [1.165, 1.54) is 180 Å². The summed E-state index contributed by atoms with van der Waals surface area (Å²) in [7, 11) is 0. The highest BCUT2D eigenvalue weighted by atomic mass is 16.6. The fourth-order valence-electron chi connectivity index (χ4n) is 9.00. The Kier molecular flexibility index (Phi) is 58.7. The highest BCUT2D eigenvalue weighted by Gasteiger charge is 2.19. The number of ether oxygens (including phenoxy) is 3. The molecule has 0 fully saturated rings. The summed E-state index contributed by atoms with van der Waals surface area (Å²) in [5.41, 5.74) is 0. The number of hydrogen-bond acceptors (Lipinski definition) is 6. The van der Waals surface area contributed by atoms with Crippen LogP contribution in [0.15, 0.2) is 72.9 Å². The number of carbonyl (C=O) groups is 3. The predicted molar refractivity (Wildman–Crippen MR) is 316 cm³/mol. The fraction of sp³-hybridized carbons (Fsp3) is 0.776. The predicted octanol–water partition coefficient (Wildman–Crippen LogP) is 21.3. The Balaban J connectivity index is 3.94. The van der Waals surface area contributed by atoms with Crippen molar-refractivity contribution in [2.45, 2.75) is 322 Å². The number of hydrogen-bond donors (Lipinski definition) is 0. The smallest absolute Gasteiger partial charge is 0.306 e. The maximum atomic E-state index is 12.8. The molecular formula is C67H118O6. The fourth-order valence-corrected chi connectivity index (χ4v) is 9.00. The zero-order chi connectivity index (χ0) is 52.9. The lowest BCUT2D eigenvalue weighted by atomic mass is 10.0. The minimum atomic E-state index is -0.772. The molecule has 0 aliphatic rings. The van der Waals surface area contributed by atoms with Gasteiger partial charge in [0.25, 0.3) is 0 Å². The van der Waals surface area contributed by atoms with E-state index in [-0.39, 0.29) is 31.1 Å². The first-order chi connectivity index (χ1) is 36.0. The number of esters is 3. The Morgan fingerprint density at radius 3 is 0.863 bits per heavy atom. The Morgan fingerprint density at radius 2 is 0.534 bits per heavy atom. The van der Waals surface area contributed by atoms with E-state index in [4.69, 9.17) is 14.2 Å². The Labute approximate surface area is 453 Å². The lowest BCUT2D eigenvalue weighted by molar-refractivity contribution is -0.167. The van der Waals surface area contributed by atoms with Gasteiger partial charge < -0.3 is 14.2 Å². The molecule has 0 aliphatic carbocycles. The molecule has 6 nitrogen and oxygen atoms in total. The molecule has 1 atom stereocenters. The van der Waals surface area contributed by atoms with Gasteiger partial charge in [-0.1, -0.05) is 280 Å². The molecule has 0 rings (SSSR count). The molecule has 0 heterocycles. The van der Waals surface area contributed by atoms with Crippen molar-refractivity contribution in [1.29, 1.82) is 0 Å². The van der Waals surface area contributed by atoms with E-state index in [1.54, 1.807) is 0 Å². The van der Waals surface area contributed by atoms with Gasteiger partial charge >= 0.3 is 17.9 Å². The molecule has 73 heavy (non-hydrogen) atoms. The molecule has 6 heteroatoms. The third-order valence-corrected chi connectivity index (χ3v) is 13.7. The monoisotopic (exact) mass is 1020 g/mol. The van der Waals surface area contributed by atoms with Crippen LogP contribution in [0.1, 0.15) is 316 Å². The summed E-state index contributed by atoms with van der Waals surface area (Å²) >= 11 is 0. The van der Waals surface area contributed by atoms with Crippen LogP contribution in [0.2, 0.25) is 0 Å². The summed E-state index contributed by atoms with van der Waals surface area (Å²) in [6.45, 7) is 6.48. The van der Waals surface area contributed by atoms with Gasteiger partial charge in [0.05, 0.1) is 0 Å². The molecule has 0 bridgehead atoms. The van der Waals surface area contributed by atoms with E-state index in [2.05, 4.69) is 93.7 Å². The zero-order valence-electron chi connectivity index (χ0n) is 48.4. The maximum absolute atomic E-state index is 12.8. The zero-order valence-corrected chi connectivity index (χ0v) is 48.4. The molecule has 0 spiro atoms. The molecule has 1 unspecified atom stereocenters. The van der Waals surface area contributed by atoms with Crippen molar-refractivity contribution in [3.8, 4) is 0 Å². The second kappa shape index (κ2) is 61.4. The average Bonchev–Trinajstić information content (AvgIpc) is 3.39. The standard InChI is InChI=1S/C67H118O6/c1-4-7-10-13-16-18-20-22-23-24-25-26-27-28-29-30-31-32-33-34-35-36-37-38-39-40-41-42-43-45-46-48-51-54-57-60-66(69)72-63-64(62-71-65(68)59-56-53-50-15-12-9-6-3)73-67(70)61-58-55-52-49-47-44-21-19-17-14-11-8-5-2/h7,10,16,18-19,21-23,25-26,28-29,64H,4-6,8-9,11-15,17,20,24,27,30-63H2,1-3H3/b10-7-,18-16-,21-19-,23-22-,26-25-,29-28-. The van der Waals surface area contributed by atoms with Gasteiger partial charge in [0.15, 0.2) is 6.10 Å². The number of allylic oxidation sites excluding steroid dienone is 12. The van der Waals surface area contributed by atoms with Crippen molar-refractivity contribution < 1.29 is 28.6 Å². The van der Waals surface area contributed by atoms with Crippen molar-refractivity contribution in [2.75, 3.05) is 13.2 Å². The summed E-state index contributed by atoms with van der Waals surface area (Å²) in [5, 5.41) is 0. The molecule has 0 aromatic carbocycles. The van der Waals surface area contributed by atoms with E-state index >= 15 is 0 Å². The van der Waals surface area contributed by atoms with Gasteiger partial charge in [0, 0.05) is 19.3 Å². The number of unbranched alkanes of at least 4 members (excludes halogenated alkanes) is 34. The summed E-state index contributed by atoms with van der Waals surface area (Å²) in [5.74, 6) is -0.877. The van der Waals surface area contributed by atoms with E-state index in [9.17, 15) is 14.4 Å². The highest BCUT2D eigenvalue weighted by Crippen LogP contribution is 2.17. The van der Waals surface area contributed by atoms with Crippen LogP contribution in [0.25, 0.3) is 0 Å². The van der Waals surface area contributed by atoms with Crippen LogP contribution >= 0.6 is 0 Å². The first kappa shape index (κ1) is 69.8. The first-order valence-electron chi connectivity index (χ1n) is 31.4. The third kappa shape index (κ3) is 59.6.